The lowest BCUT2D eigenvalue weighted by molar-refractivity contribution is 0.0759. The first-order valence-electron chi connectivity index (χ1n) is 5.34. The standard InChI is InChI=1S/C12H15BrFNO/c1-3-7-15(4-2)12(16)10-8-9(13)5-6-11(10)14/h5-6,8H,3-4,7H2,1-2H3. The normalized spacial score (nSPS) is 10.2. The maximum Gasteiger partial charge on any atom is 0.256 e. The third kappa shape index (κ3) is 3.04. The summed E-state index contributed by atoms with van der Waals surface area (Å²) >= 11 is 3.24. The van der Waals surface area contributed by atoms with E-state index in [1.807, 2.05) is 13.8 Å². The second-order valence-electron chi connectivity index (χ2n) is 3.51. The lowest BCUT2D eigenvalue weighted by Gasteiger charge is -2.20. The van der Waals surface area contributed by atoms with Crippen molar-refractivity contribution in [3.05, 3.63) is 34.1 Å². The number of benzene rings is 1. The number of halogens is 2. The Hall–Kier alpha value is -0.900. The summed E-state index contributed by atoms with van der Waals surface area (Å²) in [5.41, 5.74) is 0.129. The summed E-state index contributed by atoms with van der Waals surface area (Å²) in [5.74, 6) is -0.717. The highest BCUT2D eigenvalue weighted by atomic mass is 79.9. The van der Waals surface area contributed by atoms with Gasteiger partial charge in [0.1, 0.15) is 5.82 Å². The van der Waals surface area contributed by atoms with Crippen molar-refractivity contribution >= 4 is 21.8 Å². The van der Waals surface area contributed by atoms with Crippen molar-refractivity contribution in [1.29, 1.82) is 0 Å². The van der Waals surface area contributed by atoms with Crippen LogP contribution in [0.15, 0.2) is 22.7 Å². The van der Waals surface area contributed by atoms with Crippen LogP contribution in [-0.2, 0) is 0 Å². The van der Waals surface area contributed by atoms with Crippen molar-refractivity contribution in [2.24, 2.45) is 0 Å². The predicted molar refractivity (Wildman–Crippen MR) is 66.0 cm³/mol. The second kappa shape index (κ2) is 5.99. The lowest BCUT2D eigenvalue weighted by atomic mass is 10.2. The molecule has 16 heavy (non-hydrogen) atoms. The van der Waals surface area contributed by atoms with Crippen LogP contribution in [0.5, 0.6) is 0 Å². The average molecular weight is 288 g/mol. The van der Waals surface area contributed by atoms with Crippen LogP contribution in [0.2, 0.25) is 0 Å². The van der Waals surface area contributed by atoms with Gasteiger partial charge in [0.2, 0.25) is 0 Å². The summed E-state index contributed by atoms with van der Waals surface area (Å²) in [6, 6.07) is 4.41. The molecule has 88 valence electrons. The fourth-order valence-electron chi connectivity index (χ4n) is 1.50. The van der Waals surface area contributed by atoms with E-state index < -0.39 is 5.82 Å². The van der Waals surface area contributed by atoms with Crippen molar-refractivity contribution in [2.75, 3.05) is 13.1 Å². The van der Waals surface area contributed by atoms with Gasteiger partial charge >= 0.3 is 0 Å². The van der Waals surface area contributed by atoms with E-state index in [0.717, 1.165) is 6.42 Å². The summed E-state index contributed by atoms with van der Waals surface area (Å²) in [6.07, 6.45) is 0.870. The Balaban J connectivity index is 2.98. The molecule has 0 heterocycles. The quantitative estimate of drug-likeness (QED) is 0.831. The van der Waals surface area contributed by atoms with E-state index in [1.54, 1.807) is 11.0 Å². The molecule has 1 aromatic carbocycles. The zero-order valence-electron chi connectivity index (χ0n) is 9.46. The van der Waals surface area contributed by atoms with Gasteiger partial charge in [0.05, 0.1) is 5.56 Å². The molecule has 0 atom stereocenters. The average Bonchev–Trinajstić information content (AvgIpc) is 2.28. The van der Waals surface area contributed by atoms with E-state index in [2.05, 4.69) is 15.9 Å². The minimum atomic E-state index is -0.470. The molecule has 0 spiro atoms. The Morgan fingerprint density at radius 2 is 2.12 bits per heavy atom. The topological polar surface area (TPSA) is 20.3 Å². The van der Waals surface area contributed by atoms with Crippen molar-refractivity contribution in [3.63, 3.8) is 0 Å². The fraction of sp³-hybridized carbons (Fsp3) is 0.417. The number of amides is 1. The van der Waals surface area contributed by atoms with Gasteiger partial charge in [-0.25, -0.2) is 4.39 Å². The Morgan fingerprint density at radius 3 is 2.69 bits per heavy atom. The Bertz CT molecular complexity index is 381. The van der Waals surface area contributed by atoms with E-state index in [-0.39, 0.29) is 11.5 Å². The van der Waals surface area contributed by atoms with E-state index in [9.17, 15) is 9.18 Å². The molecule has 4 heteroatoms. The van der Waals surface area contributed by atoms with Gasteiger partial charge in [-0.3, -0.25) is 4.79 Å². The highest BCUT2D eigenvalue weighted by Gasteiger charge is 2.17. The maximum absolute atomic E-state index is 13.5. The fourth-order valence-corrected chi connectivity index (χ4v) is 1.87. The van der Waals surface area contributed by atoms with Gasteiger partial charge in [-0.2, -0.15) is 0 Å². The maximum atomic E-state index is 13.5. The van der Waals surface area contributed by atoms with E-state index in [1.165, 1.54) is 12.1 Å². The van der Waals surface area contributed by atoms with Gasteiger partial charge in [-0.05, 0) is 31.5 Å². The van der Waals surface area contributed by atoms with E-state index in [0.29, 0.717) is 17.6 Å². The number of hydrogen-bond acceptors (Lipinski definition) is 1. The van der Waals surface area contributed by atoms with Crippen LogP contribution >= 0.6 is 15.9 Å². The number of rotatable bonds is 4. The van der Waals surface area contributed by atoms with Crippen molar-refractivity contribution in [3.8, 4) is 0 Å². The first-order valence-corrected chi connectivity index (χ1v) is 6.13. The van der Waals surface area contributed by atoms with Crippen molar-refractivity contribution in [2.45, 2.75) is 20.3 Å². The molecule has 0 saturated carbocycles. The molecule has 0 N–H and O–H groups in total. The molecule has 0 unspecified atom stereocenters. The number of hydrogen-bond donors (Lipinski definition) is 0. The minimum absolute atomic E-state index is 0.129. The van der Waals surface area contributed by atoms with Gasteiger partial charge in [0.15, 0.2) is 0 Å². The Kier molecular flexibility index (Phi) is 4.93. The molecule has 0 aromatic heterocycles. The van der Waals surface area contributed by atoms with Gasteiger partial charge < -0.3 is 4.90 Å². The van der Waals surface area contributed by atoms with Crippen molar-refractivity contribution in [1.82, 2.24) is 4.90 Å². The number of carbonyl (C=O) groups excluding carboxylic acids is 1. The van der Waals surface area contributed by atoms with Crippen LogP contribution in [0.3, 0.4) is 0 Å². The Labute approximate surface area is 104 Å². The van der Waals surface area contributed by atoms with Crippen LogP contribution in [0.1, 0.15) is 30.6 Å². The zero-order chi connectivity index (χ0) is 12.1. The first kappa shape index (κ1) is 13.2. The molecule has 0 aliphatic carbocycles. The van der Waals surface area contributed by atoms with E-state index in [4.69, 9.17) is 0 Å². The molecule has 0 aliphatic heterocycles. The summed E-state index contributed by atoms with van der Waals surface area (Å²) in [6.45, 7) is 5.14. The van der Waals surface area contributed by atoms with Gasteiger partial charge in [-0.1, -0.05) is 22.9 Å². The highest BCUT2D eigenvalue weighted by Crippen LogP contribution is 2.17. The van der Waals surface area contributed by atoms with Gasteiger partial charge in [0, 0.05) is 17.6 Å². The molecule has 1 aromatic rings. The molecule has 1 rings (SSSR count). The molecule has 0 bridgehead atoms. The molecule has 1 amide bonds. The smallest absolute Gasteiger partial charge is 0.256 e. The number of nitrogens with zero attached hydrogens (tertiary/aromatic N) is 1. The molecular formula is C12H15BrFNO. The molecule has 0 radical (unpaired) electrons. The minimum Gasteiger partial charge on any atom is -0.339 e. The largest absolute Gasteiger partial charge is 0.339 e. The second-order valence-corrected chi connectivity index (χ2v) is 4.42. The SMILES string of the molecule is CCCN(CC)C(=O)c1cc(Br)ccc1F. The summed E-state index contributed by atoms with van der Waals surface area (Å²) in [4.78, 5) is 13.6. The van der Waals surface area contributed by atoms with Crippen LogP contribution < -0.4 is 0 Å². The van der Waals surface area contributed by atoms with Crippen LogP contribution in [0.4, 0.5) is 4.39 Å². The zero-order valence-corrected chi connectivity index (χ0v) is 11.1. The van der Waals surface area contributed by atoms with E-state index >= 15 is 0 Å². The lowest BCUT2D eigenvalue weighted by Crippen LogP contribution is -2.32. The number of carbonyl (C=O) groups is 1. The highest BCUT2D eigenvalue weighted by molar-refractivity contribution is 9.10. The Morgan fingerprint density at radius 1 is 1.44 bits per heavy atom. The molecule has 0 aliphatic rings. The predicted octanol–water partition coefficient (Wildman–Crippen LogP) is 3.46. The summed E-state index contributed by atoms with van der Waals surface area (Å²) < 4.78 is 14.2. The summed E-state index contributed by atoms with van der Waals surface area (Å²) in [5, 5.41) is 0. The van der Waals surface area contributed by atoms with Crippen LogP contribution in [-0.4, -0.2) is 23.9 Å². The molecule has 2 nitrogen and oxygen atoms in total. The van der Waals surface area contributed by atoms with Gasteiger partial charge in [0.25, 0.3) is 5.91 Å². The summed E-state index contributed by atoms with van der Waals surface area (Å²) in [7, 11) is 0. The molecule has 0 fully saturated rings. The third-order valence-corrected chi connectivity index (χ3v) is 2.81. The van der Waals surface area contributed by atoms with Crippen LogP contribution in [0.25, 0.3) is 0 Å². The third-order valence-electron chi connectivity index (χ3n) is 2.32. The first-order chi connectivity index (χ1) is 7.60. The molecular weight excluding hydrogens is 273 g/mol. The monoisotopic (exact) mass is 287 g/mol. The van der Waals surface area contributed by atoms with Crippen LogP contribution in [0, 0.1) is 5.82 Å². The van der Waals surface area contributed by atoms with Gasteiger partial charge in [-0.15, -0.1) is 0 Å². The van der Waals surface area contributed by atoms with Crippen molar-refractivity contribution < 1.29 is 9.18 Å². The molecule has 0 saturated heterocycles.